The minimum Gasteiger partial charge on any atom is -0.466 e. The quantitative estimate of drug-likeness (QED) is 0.775. The molecule has 0 amide bonds. The third-order valence-electron chi connectivity index (χ3n) is 2.85. The highest BCUT2D eigenvalue weighted by molar-refractivity contribution is 5.76. The maximum absolute atomic E-state index is 14.1. The van der Waals surface area contributed by atoms with Crippen molar-refractivity contribution in [3.05, 3.63) is 35.4 Å². The van der Waals surface area contributed by atoms with E-state index in [0.717, 1.165) is 0 Å². The molecule has 0 bridgehead atoms. The summed E-state index contributed by atoms with van der Waals surface area (Å²) >= 11 is 0. The van der Waals surface area contributed by atoms with Crippen LogP contribution in [0.25, 0.3) is 0 Å². The summed E-state index contributed by atoms with van der Waals surface area (Å²) in [5.41, 5.74) is 0.832. The Hall–Kier alpha value is -1.42. The molecule has 0 fully saturated rings. The molecule has 0 radical (unpaired) electrons. The van der Waals surface area contributed by atoms with E-state index >= 15 is 0 Å². The highest BCUT2D eigenvalue weighted by atomic mass is 19.2. The van der Waals surface area contributed by atoms with Crippen LogP contribution in [0.3, 0.4) is 0 Å². The van der Waals surface area contributed by atoms with E-state index in [0.29, 0.717) is 5.56 Å². The van der Waals surface area contributed by atoms with Gasteiger partial charge in [-0.05, 0) is 18.9 Å². The Morgan fingerprint density at radius 1 is 1.62 bits per heavy atom. The molecule has 1 aromatic rings. The molecule has 4 heteroatoms. The first-order valence-corrected chi connectivity index (χ1v) is 5.23. The fourth-order valence-corrected chi connectivity index (χ4v) is 2.07. The summed E-state index contributed by atoms with van der Waals surface area (Å²) in [6.45, 7) is 1.83. The van der Waals surface area contributed by atoms with E-state index in [-0.39, 0.29) is 18.6 Å². The zero-order valence-electron chi connectivity index (χ0n) is 8.94. The summed E-state index contributed by atoms with van der Waals surface area (Å²) in [5.74, 6) is -4.45. The van der Waals surface area contributed by atoms with Gasteiger partial charge in [0, 0.05) is 5.56 Å². The third-order valence-corrected chi connectivity index (χ3v) is 2.85. The van der Waals surface area contributed by atoms with Crippen LogP contribution < -0.4 is 0 Å². The second-order valence-corrected chi connectivity index (χ2v) is 3.84. The van der Waals surface area contributed by atoms with Crippen molar-refractivity contribution < 1.29 is 19.0 Å². The highest BCUT2D eigenvalue weighted by Crippen LogP contribution is 2.42. The van der Waals surface area contributed by atoms with Crippen LogP contribution in [0.4, 0.5) is 4.39 Å². The Morgan fingerprint density at radius 2 is 2.31 bits per heavy atom. The topological polar surface area (TPSA) is 46.5 Å². The summed E-state index contributed by atoms with van der Waals surface area (Å²) in [4.78, 5) is 11.5. The van der Waals surface area contributed by atoms with Crippen LogP contribution >= 0.6 is 0 Å². The van der Waals surface area contributed by atoms with Crippen molar-refractivity contribution in [1.82, 2.24) is 0 Å². The SMILES string of the molecule is CCOC(=O)[C@@H]1Cc2ccccc2[C@@]1(O)F. The van der Waals surface area contributed by atoms with Crippen molar-refractivity contribution in [2.45, 2.75) is 19.2 Å². The zero-order valence-corrected chi connectivity index (χ0v) is 8.94. The molecule has 1 aromatic carbocycles. The zero-order chi connectivity index (χ0) is 11.8. The molecule has 0 saturated heterocycles. The molecule has 2 rings (SSSR count). The standard InChI is InChI=1S/C12H13FO3/c1-2-16-11(14)10-7-8-5-3-4-6-9(8)12(10,13)15/h3-6,10,15H,2,7H2,1H3/t10-,12-/m0/s1. The fourth-order valence-electron chi connectivity index (χ4n) is 2.07. The lowest BCUT2D eigenvalue weighted by Crippen LogP contribution is -2.33. The fraction of sp³-hybridized carbons (Fsp3) is 0.417. The number of carbonyl (C=O) groups is 1. The molecular formula is C12H13FO3. The molecule has 0 saturated carbocycles. The third kappa shape index (κ3) is 1.59. The molecule has 86 valence electrons. The smallest absolute Gasteiger partial charge is 0.315 e. The largest absolute Gasteiger partial charge is 0.466 e. The molecule has 0 unspecified atom stereocenters. The molecule has 2 atom stereocenters. The van der Waals surface area contributed by atoms with Gasteiger partial charge < -0.3 is 9.84 Å². The van der Waals surface area contributed by atoms with Crippen molar-refractivity contribution >= 4 is 5.97 Å². The van der Waals surface area contributed by atoms with Gasteiger partial charge in [0.25, 0.3) is 0 Å². The van der Waals surface area contributed by atoms with Gasteiger partial charge >= 0.3 is 5.97 Å². The van der Waals surface area contributed by atoms with Crippen molar-refractivity contribution in [3.8, 4) is 0 Å². The van der Waals surface area contributed by atoms with Gasteiger partial charge in [0.2, 0.25) is 5.85 Å². The van der Waals surface area contributed by atoms with Crippen LogP contribution in [-0.4, -0.2) is 17.7 Å². The van der Waals surface area contributed by atoms with Gasteiger partial charge in [-0.15, -0.1) is 0 Å². The number of halogens is 1. The van der Waals surface area contributed by atoms with Crippen LogP contribution in [0, 0.1) is 5.92 Å². The van der Waals surface area contributed by atoms with Gasteiger partial charge in [0.1, 0.15) is 5.92 Å². The number of hydrogen-bond donors (Lipinski definition) is 1. The maximum Gasteiger partial charge on any atom is 0.315 e. The van der Waals surface area contributed by atoms with Crippen LogP contribution in [0.15, 0.2) is 24.3 Å². The number of aliphatic hydroxyl groups is 1. The van der Waals surface area contributed by atoms with Gasteiger partial charge in [-0.3, -0.25) is 4.79 Å². The predicted octanol–water partition coefficient (Wildman–Crippen LogP) is 1.54. The number of rotatable bonds is 2. The second-order valence-electron chi connectivity index (χ2n) is 3.84. The molecule has 1 aliphatic carbocycles. The summed E-state index contributed by atoms with van der Waals surface area (Å²) in [6.07, 6.45) is 0.183. The van der Waals surface area contributed by atoms with Crippen molar-refractivity contribution in [2.24, 2.45) is 5.92 Å². The van der Waals surface area contributed by atoms with Gasteiger partial charge in [-0.1, -0.05) is 24.3 Å². The number of ether oxygens (including phenoxy) is 1. The average Bonchev–Trinajstić information content (AvgIpc) is 2.52. The van der Waals surface area contributed by atoms with Crippen LogP contribution in [0.2, 0.25) is 0 Å². The average molecular weight is 224 g/mol. The summed E-state index contributed by atoms with van der Waals surface area (Å²) in [6, 6.07) is 6.59. The van der Waals surface area contributed by atoms with Gasteiger partial charge in [-0.25, -0.2) is 4.39 Å². The lowest BCUT2D eigenvalue weighted by atomic mass is 10.0. The van der Waals surface area contributed by atoms with E-state index in [2.05, 4.69) is 0 Å². The van der Waals surface area contributed by atoms with E-state index < -0.39 is 17.7 Å². The van der Waals surface area contributed by atoms with Crippen LogP contribution in [0.1, 0.15) is 18.1 Å². The molecular weight excluding hydrogens is 211 g/mol. The molecule has 16 heavy (non-hydrogen) atoms. The number of hydrogen-bond acceptors (Lipinski definition) is 3. The van der Waals surface area contributed by atoms with Gasteiger partial charge in [0.15, 0.2) is 0 Å². The molecule has 0 spiro atoms. The molecule has 1 aliphatic rings. The van der Waals surface area contributed by atoms with Crippen molar-refractivity contribution in [1.29, 1.82) is 0 Å². The van der Waals surface area contributed by atoms with Gasteiger partial charge in [-0.2, -0.15) is 0 Å². The number of alkyl halides is 1. The summed E-state index contributed by atoms with van der Waals surface area (Å²) < 4.78 is 18.9. The first-order valence-electron chi connectivity index (χ1n) is 5.23. The molecule has 1 N–H and O–H groups in total. The summed E-state index contributed by atoms with van der Waals surface area (Å²) in [7, 11) is 0. The van der Waals surface area contributed by atoms with Crippen molar-refractivity contribution in [3.63, 3.8) is 0 Å². The molecule has 0 aromatic heterocycles. The highest BCUT2D eigenvalue weighted by Gasteiger charge is 2.50. The number of esters is 1. The second kappa shape index (κ2) is 3.87. The molecule has 0 aliphatic heterocycles. The van der Waals surface area contributed by atoms with E-state index in [1.165, 1.54) is 6.07 Å². The lowest BCUT2D eigenvalue weighted by Gasteiger charge is -2.20. The summed E-state index contributed by atoms with van der Waals surface area (Å²) in [5, 5.41) is 9.74. The predicted molar refractivity (Wildman–Crippen MR) is 55.3 cm³/mol. The normalized spacial score (nSPS) is 27.6. The van der Waals surface area contributed by atoms with Gasteiger partial charge in [0.05, 0.1) is 6.61 Å². The number of carbonyl (C=O) groups excluding carboxylic acids is 1. The molecule has 3 nitrogen and oxygen atoms in total. The first kappa shape index (κ1) is 11.1. The molecule has 0 heterocycles. The minimum atomic E-state index is -2.61. The Labute approximate surface area is 92.9 Å². The van der Waals surface area contributed by atoms with E-state index in [1.807, 2.05) is 0 Å². The number of benzene rings is 1. The van der Waals surface area contributed by atoms with E-state index in [9.17, 15) is 14.3 Å². The Bertz CT molecular complexity index is 414. The lowest BCUT2D eigenvalue weighted by molar-refractivity contribution is -0.178. The number of fused-ring (bicyclic) bond motifs is 1. The van der Waals surface area contributed by atoms with Crippen LogP contribution in [0.5, 0.6) is 0 Å². The van der Waals surface area contributed by atoms with Crippen LogP contribution in [-0.2, 0) is 21.8 Å². The Morgan fingerprint density at radius 3 is 2.94 bits per heavy atom. The Kier molecular flexibility index (Phi) is 2.68. The van der Waals surface area contributed by atoms with E-state index in [4.69, 9.17) is 4.74 Å². The van der Waals surface area contributed by atoms with Crippen molar-refractivity contribution in [2.75, 3.05) is 6.61 Å². The maximum atomic E-state index is 14.1. The first-order chi connectivity index (χ1) is 7.57. The monoisotopic (exact) mass is 224 g/mol. The van der Waals surface area contributed by atoms with E-state index in [1.54, 1.807) is 25.1 Å². The Balaban J connectivity index is 2.32. The minimum absolute atomic E-state index is 0.174.